The number of hydrogen-bond acceptors (Lipinski definition) is 4. The van der Waals surface area contributed by atoms with Gasteiger partial charge < -0.3 is 10.1 Å². The molecule has 0 saturated carbocycles. The summed E-state index contributed by atoms with van der Waals surface area (Å²) in [6, 6.07) is 6.88. The van der Waals surface area contributed by atoms with E-state index in [9.17, 15) is 4.79 Å². The van der Waals surface area contributed by atoms with Crippen LogP contribution in [0.4, 0.5) is 0 Å². The van der Waals surface area contributed by atoms with Crippen molar-refractivity contribution in [1.82, 2.24) is 5.32 Å². The van der Waals surface area contributed by atoms with Gasteiger partial charge in [0.15, 0.2) is 0 Å². The maximum absolute atomic E-state index is 12.2. The molecule has 1 N–H and O–H groups in total. The molecule has 0 spiro atoms. The molecule has 0 aliphatic carbocycles. The molecule has 102 valence electrons. The molecule has 1 aromatic carbocycles. The van der Waals surface area contributed by atoms with Crippen LogP contribution in [0.5, 0.6) is 0 Å². The van der Waals surface area contributed by atoms with E-state index >= 15 is 0 Å². The summed E-state index contributed by atoms with van der Waals surface area (Å²) in [5.74, 6) is 2.79. The van der Waals surface area contributed by atoms with Crippen molar-refractivity contribution < 1.29 is 9.53 Å². The Balaban J connectivity index is 1.70. The zero-order valence-corrected chi connectivity index (χ0v) is 12.0. The van der Waals surface area contributed by atoms with Crippen LogP contribution in [0.1, 0.15) is 10.4 Å². The van der Waals surface area contributed by atoms with E-state index in [1.807, 2.05) is 11.8 Å². The third kappa shape index (κ3) is 2.91. The normalized spacial score (nSPS) is 29.8. The Bertz CT molecular complexity index is 443. The van der Waals surface area contributed by atoms with Crippen molar-refractivity contribution in [3.8, 4) is 0 Å². The van der Waals surface area contributed by atoms with Crippen molar-refractivity contribution in [3.63, 3.8) is 0 Å². The first-order valence-corrected chi connectivity index (χ1v) is 8.02. The van der Waals surface area contributed by atoms with E-state index in [1.165, 1.54) is 0 Å². The lowest BCUT2D eigenvalue weighted by molar-refractivity contribution is -0.0114. The van der Waals surface area contributed by atoms with Gasteiger partial charge in [0, 0.05) is 41.5 Å². The molecule has 0 amide bonds. The van der Waals surface area contributed by atoms with E-state index in [1.54, 1.807) is 24.3 Å². The number of nitrogens with one attached hydrogen (secondary N) is 1. The van der Waals surface area contributed by atoms with Crippen LogP contribution in [0.25, 0.3) is 0 Å². The predicted octanol–water partition coefficient (Wildman–Crippen LogP) is 2.45. The van der Waals surface area contributed by atoms with Gasteiger partial charge in [0.1, 0.15) is 6.10 Å². The summed E-state index contributed by atoms with van der Waals surface area (Å²) >= 11 is 7.79. The lowest BCUT2D eigenvalue weighted by Gasteiger charge is -2.41. The molecule has 2 aliphatic rings. The molecule has 0 aromatic heterocycles. The highest BCUT2D eigenvalue weighted by atomic mass is 35.5. The van der Waals surface area contributed by atoms with Crippen LogP contribution in [0.2, 0.25) is 5.02 Å². The Morgan fingerprint density at radius 1 is 1.21 bits per heavy atom. The molecule has 2 bridgehead atoms. The molecular weight excluding hydrogens is 282 g/mol. The maximum Gasteiger partial charge on any atom is 0.338 e. The quantitative estimate of drug-likeness (QED) is 0.851. The number of piperidine rings is 1. The molecule has 2 saturated heterocycles. The molecule has 2 unspecified atom stereocenters. The number of carbonyl (C=O) groups excluding carboxylic acids is 1. The van der Waals surface area contributed by atoms with Crippen molar-refractivity contribution in [2.45, 2.75) is 6.10 Å². The van der Waals surface area contributed by atoms with Gasteiger partial charge in [0.05, 0.1) is 5.56 Å². The molecule has 2 fully saturated rings. The molecule has 5 heteroatoms. The molecular formula is C14H16ClNO2S. The van der Waals surface area contributed by atoms with Gasteiger partial charge in [0.2, 0.25) is 0 Å². The van der Waals surface area contributed by atoms with Crippen molar-refractivity contribution in [3.05, 3.63) is 34.9 Å². The van der Waals surface area contributed by atoms with E-state index in [0.29, 0.717) is 22.4 Å². The molecule has 19 heavy (non-hydrogen) atoms. The van der Waals surface area contributed by atoms with E-state index in [2.05, 4.69) is 5.32 Å². The summed E-state index contributed by atoms with van der Waals surface area (Å²) in [4.78, 5) is 12.2. The average molecular weight is 298 g/mol. The van der Waals surface area contributed by atoms with Gasteiger partial charge >= 0.3 is 5.97 Å². The Hall–Kier alpha value is -0.710. The Morgan fingerprint density at radius 3 is 2.47 bits per heavy atom. The summed E-state index contributed by atoms with van der Waals surface area (Å²) in [7, 11) is 0. The van der Waals surface area contributed by atoms with Gasteiger partial charge in [-0.2, -0.15) is 11.8 Å². The number of benzene rings is 1. The SMILES string of the molecule is O=C(OC1C2CNCC1CSC2)c1ccc(Cl)cc1. The number of rotatable bonds is 2. The fourth-order valence-electron chi connectivity index (χ4n) is 2.72. The number of carbonyl (C=O) groups is 1. The number of hydrogen-bond donors (Lipinski definition) is 1. The molecule has 2 heterocycles. The standard InChI is InChI=1S/C14H16ClNO2S/c15-12-3-1-9(2-4-12)14(17)18-13-10-5-16-6-11(13)8-19-7-10/h1-4,10-11,13,16H,5-8H2. The Labute approximate surface area is 122 Å². The smallest absolute Gasteiger partial charge is 0.338 e. The number of fused-ring (bicyclic) bond motifs is 2. The summed E-state index contributed by atoms with van der Waals surface area (Å²) in [5.41, 5.74) is 0.577. The third-order valence-electron chi connectivity index (χ3n) is 3.73. The van der Waals surface area contributed by atoms with Gasteiger partial charge in [-0.25, -0.2) is 4.79 Å². The molecule has 3 rings (SSSR count). The minimum Gasteiger partial charge on any atom is -0.458 e. The number of ether oxygens (including phenoxy) is 1. The van der Waals surface area contributed by atoms with Crippen molar-refractivity contribution in [2.75, 3.05) is 24.6 Å². The Morgan fingerprint density at radius 2 is 1.84 bits per heavy atom. The second-order valence-electron chi connectivity index (χ2n) is 5.09. The minimum absolute atomic E-state index is 0.0608. The topological polar surface area (TPSA) is 38.3 Å². The molecule has 0 radical (unpaired) electrons. The van der Waals surface area contributed by atoms with E-state index in [4.69, 9.17) is 16.3 Å². The first-order valence-electron chi connectivity index (χ1n) is 6.49. The van der Waals surface area contributed by atoms with Crippen LogP contribution in [0.3, 0.4) is 0 Å². The zero-order chi connectivity index (χ0) is 13.2. The summed E-state index contributed by atoms with van der Waals surface area (Å²) in [6.07, 6.45) is 0.0608. The Kier molecular flexibility index (Phi) is 4.01. The maximum atomic E-state index is 12.2. The highest BCUT2D eigenvalue weighted by Crippen LogP contribution is 2.33. The first-order chi connectivity index (χ1) is 9.24. The van der Waals surface area contributed by atoms with Crippen LogP contribution >= 0.6 is 23.4 Å². The van der Waals surface area contributed by atoms with Crippen LogP contribution in [0, 0.1) is 11.8 Å². The monoisotopic (exact) mass is 297 g/mol. The van der Waals surface area contributed by atoms with E-state index < -0.39 is 0 Å². The first kappa shape index (κ1) is 13.3. The van der Waals surface area contributed by atoms with E-state index in [-0.39, 0.29) is 12.1 Å². The van der Waals surface area contributed by atoms with Gasteiger partial charge in [-0.05, 0) is 24.3 Å². The van der Waals surface area contributed by atoms with Crippen molar-refractivity contribution in [2.24, 2.45) is 11.8 Å². The fourth-order valence-corrected chi connectivity index (χ4v) is 4.20. The van der Waals surface area contributed by atoms with Gasteiger partial charge in [0.25, 0.3) is 0 Å². The lowest BCUT2D eigenvalue weighted by Crippen LogP contribution is -2.53. The zero-order valence-electron chi connectivity index (χ0n) is 10.5. The lowest BCUT2D eigenvalue weighted by atomic mass is 9.88. The molecule has 1 aromatic rings. The second-order valence-corrected chi connectivity index (χ2v) is 6.60. The summed E-state index contributed by atoms with van der Waals surface area (Å²) in [5, 5.41) is 4.05. The fraction of sp³-hybridized carbons (Fsp3) is 0.500. The minimum atomic E-state index is -0.231. The largest absolute Gasteiger partial charge is 0.458 e. The van der Waals surface area contributed by atoms with Crippen LogP contribution < -0.4 is 5.32 Å². The van der Waals surface area contributed by atoms with Crippen LogP contribution in [-0.2, 0) is 4.74 Å². The average Bonchev–Trinajstić information content (AvgIpc) is 2.39. The number of esters is 1. The predicted molar refractivity (Wildman–Crippen MR) is 77.8 cm³/mol. The molecule has 2 atom stereocenters. The highest BCUT2D eigenvalue weighted by molar-refractivity contribution is 7.99. The number of thioether (sulfide) groups is 1. The molecule has 2 aliphatic heterocycles. The third-order valence-corrected chi connectivity index (χ3v) is 5.31. The molecule has 3 nitrogen and oxygen atoms in total. The van der Waals surface area contributed by atoms with Gasteiger partial charge in [-0.1, -0.05) is 11.6 Å². The van der Waals surface area contributed by atoms with E-state index in [0.717, 1.165) is 24.6 Å². The summed E-state index contributed by atoms with van der Waals surface area (Å²) < 4.78 is 5.75. The van der Waals surface area contributed by atoms with Crippen LogP contribution in [0.15, 0.2) is 24.3 Å². The summed E-state index contributed by atoms with van der Waals surface area (Å²) in [6.45, 7) is 1.89. The second kappa shape index (κ2) is 5.73. The number of halogens is 1. The van der Waals surface area contributed by atoms with Gasteiger partial charge in [-0.3, -0.25) is 0 Å². The van der Waals surface area contributed by atoms with Crippen molar-refractivity contribution in [1.29, 1.82) is 0 Å². The van der Waals surface area contributed by atoms with Crippen molar-refractivity contribution >= 4 is 29.3 Å². The van der Waals surface area contributed by atoms with Crippen LogP contribution in [-0.4, -0.2) is 36.7 Å². The van der Waals surface area contributed by atoms with Gasteiger partial charge in [-0.15, -0.1) is 0 Å². The highest BCUT2D eigenvalue weighted by Gasteiger charge is 2.39.